The van der Waals surface area contributed by atoms with Gasteiger partial charge in [0.05, 0.1) is 21.8 Å². The fourth-order valence-corrected chi connectivity index (χ4v) is 4.59. The number of ether oxygens (including phenoxy) is 1. The van der Waals surface area contributed by atoms with Crippen LogP contribution in [-0.4, -0.2) is 38.9 Å². The molecule has 1 aliphatic rings. The molecular weight excluding hydrogens is 470 g/mol. The van der Waals surface area contributed by atoms with Crippen LogP contribution in [0.3, 0.4) is 0 Å². The van der Waals surface area contributed by atoms with Gasteiger partial charge in [-0.15, -0.1) is 0 Å². The summed E-state index contributed by atoms with van der Waals surface area (Å²) in [6, 6.07) is 18.9. The monoisotopic (exact) mass is 493 g/mol. The Morgan fingerprint density at radius 2 is 1.66 bits per heavy atom. The molecule has 0 spiro atoms. The fourth-order valence-electron chi connectivity index (χ4n) is 3.53. The van der Waals surface area contributed by atoms with Gasteiger partial charge in [-0.3, -0.25) is 19.2 Å². The highest BCUT2D eigenvalue weighted by Gasteiger charge is 2.31. The molecule has 1 heterocycles. The van der Waals surface area contributed by atoms with E-state index < -0.39 is 28.0 Å². The lowest BCUT2D eigenvalue weighted by molar-refractivity contribution is -0.128. The van der Waals surface area contributed by atoms with E-state index in [2.05, 4.69) is 10.0 Å². The molecule has 1 aliphatic heterocycles. The van der Waals surface area contributed by atoms with E-state index in [-0.39, 0.29) is 22.9 Å². The molecule has 9 nitrogen and oxygen atoms in total. The second kappa shape index (κ2) is 9.59. The quantitative estimate of drug-likeness (QED) is 0.508. The molecule has 2 N–H and O–H groups in total. The lowest BCUT2D eigenvalue weighted by Crippen LogP contribution is -2.47. The summed E-state index contributed by atoms with van der Waals surface area (Å²) < 4.78 is 33.0. The SMILES string of the molecule is Cc1ccc(NS(=O)(=O)c2ccc(C(=O)OC(C)C(=O)N3CC(=O)Nc4ccccc43)cc2)cc1. The molecule has 2 amide bonds. The summed E-state index contributed by atoms with van der Waals surface area (Å²) in [4.78, 5) is 38.7. The van der Waals surface area contributed by atoms with E-state index in [0.717, 1.165) is 5.56 Å². The number of sulfonamides is 1. The lowest BCUT2D eigenvalue weighted by atomic mass is 10.1. The first-order valence-corrected chi connectivity index (χ1v) is 12.2. The number of benzene rings is 3. The van der Waals surface area contributed by atoms with Crippen LogP contribution >= 0.6 is 0 Å². The van der Waals surface area contributed by atoms with Crippen LogP contribution in [0.4, 0.5) is 17.1 Å². The topological polar surface area (TPSA) is 122 Å². The smallest absolute Gasteiger partial charge is 0.338 e. The maximum Gasteiger partial charge on any atom is 0.338 e. The molecule has 3 aromatic carbocycles. The van der Waals surface area contributed by atoms with Gasteiger partial charge in [0.25, 0.3) is 15.9 Å². The van der Waals surface area contributed by atoms with Crippen molar-refractivity contribution in [1.82, 2.24) is 0 Å². The van der Waals surface area contributed by atoms with Crippen molar-refractivity contribution in [3.8, 4) is 0 Å². The fraction of sp³-hybridized carbons (Fsp3) is 0.160. The zero-order chi connectivity index (χ0) is 25.2. The standard InChI is InChI=1S/C25H23N3O6S/c1-16-7-11-19(12-8-16)27-35(32,33)20-13-9-18(10-14-20)25(31)34-17(2)24(30)28-15-23(29)26-21-5-3-4-6-22(21)28/h3-14,17,27H,15H2,1-2H3,(H,26,29). The normalized spacial score (nSPS) is 13.9. The number of amides is 2. The highest BCUT2D eigenvalue weighted by molar-refractivity contribution is 7.92. The minimum Gasteiger partial charge on any atom is -0.449 e. The van der Waals surface area contributed by atoms with Gasteiger partial charge in [-0.05, 0) is 62.4 Å². The van der Waals surface area contributed by atoms with E-state index in [0.29, 0.717) is 17.1 Å². The average Bonchev–Trinajstić information content (AvgIpc) is 2.84. The molecule has 3 aromatic rings. The van der Waals surface area contributed by atoms with E-state index >= 15 is 0 Å². The number of hydrogen-bond donors (Lipinski definition) is 2. The summed E-state index contributed by atoms with van der Waals surface area (Å²) in [6.45, 7) is 3.12. The van der Waals surface area contributed by atoms with Crippen molar-refractivity contribution in [2.45, 2.75) is 24.8 Å². The van der Waals surface area contributed by atoms with Crippen molar-refractivity contribution in [3.05, 3.63) is 83.9 Å². The van der Waals surface area contributed by atoms with E-state index in [9.17, 15) is 22.8 Å². The maximum absolute atomic E-state index is 12.9. The minimum atomic E-state index is -3.85. The largest absolute Gasteiger partial charge is 0.449 e. The molecule has 0 fully saturated rings. The first-order valence-electron chi connectivity index (χ1n) is 10.7. The molecule has 0 saturated carbocycles. The molecule has 0 aromatic heterocycles. The van der Waals surface area contributed by atoms with Gasteiger partial charge in [-0.25, -0.2) is 13.2 Å². The number of rotatable bonds is 6. The predicted molar refractivity (Wildman–Crippen MR) is 131 cm³/mol. The maximum atomic E-state index is 12.9. The van der Waals surface area contributed by atoms with Crippen molar-refractivity contribution in [1.29, 1.82) is 0 Å². The van der Waals surface area contributed by atoms with Crippen LogP contribution in [0.1, 0.15) is 22.8 Å². The second-order valence-corrected chi connectivity index (χ2v) is 9.72. The number of carbonyl (C=O) groups excluding carboxylic acids is 3. The molecule has 1 unspecified atom stereocenters. The Morgan fingerprint density at radius 3 is 2.34 bits per heavy atom. The molecule has 180 valence electrons. The third kappa shape index (κ3) is 5.33. The lowest BCUT2D eigenvalue weighted by Gasteiger charge is -2.30. The van der Waals surface area contributed by atoms with Crippen molar-refractivity contribution < 1.29 is 27.5 Å². The van der Waals surface area contributed by atoms with Crippen molar-refractivity contribution in [2.75, 3.05) is 21.5 Å². The van der Waals surface area contributed by atoms with E-state index in [1.54, 1.807) is 48.5 Å². The van der Waals surface area contributed by atoms with Gasteiger partial charge in [-0.2, -0.15) is 0 Å². The molecule has 1 atom stereocenters. The first kappa shape index (κ1) is 24.0. The summed E-state index contributed by atoms with van der Waals surface area (Å²) in [6.07, 6.45) is -1.17. The van der Waals surface area contributed by atoms with Crippen LogP contribution in [0.5, 0.6) is 0 Å². The first-order chi connectivity index (χ1) is 16.6. The Labute approximate surface area is 202 Å². The van der Waals surface area contributed by atoms with Crippen LogP contribution in [0.15, 0.2) is 77.7 Å². The van der Waals surface area contributed by atoms with Gasteiger partial charge in [-0.1, -0.05) is 29.8 Å². The van der Waals surface area contributed by atoms with Crippen LogP contribution in [0.25, 0.3) is 0 Å². The Bertz CT molecular complexity index is 1390. The summed E-state index contributed by atoms with van der Waals surface area (Å²) in [5.41, 5.74) is 2.49. The Morgan fingerprint density at radius 1 is 1.00 bits per heavy atom. The number of nitrogens with one attached hydrogen (secondary N) is 2. The highest BCUT2D eigenvalue weighted by atomic mass is 32.2. The summed E-state index contributed by atoms with van der Waals surface area (Å²) >= 11 is 0. The van der Waals surface area contributed by atoms with E-state index in [4.69, 9.17) is 4.74 Å². The summed E-state index contributed by atoms with van der Waals surface area (Å²) in [5, 5.41) is 2.69. The molecule has 4 rings (SSSR count). The van der Waals surface area contributed by atoms with E-state index in [1.165, 1.54) is 36.1 Å². The van der Waals surface area contributed by atoms with E-state index in [1.807, 2.05) is 6.92 Å². The van der Waals surface area contributed by atoms with Crippen molar-refractivity contribution in [2.24, 2.45) is 0 Å². The zero-order valence-electron chi connectivity index (χ0n) is 19.0. The second-order valence-electron chi connectivity index (χ2n) is 8.03. The molecule has 0 bridgehead atoms. The van der Waals surface area contributed by atoms with Crippen LogP contribution < -0.4 is 14.9 Å². The number of carbonyl (C=O) groups is 3. The summed E-state index contributed by atoms with van der Waals surface area (Å²) in [5.74, 6) is -1.70. The third-order valence-corrected chi connectivity index (χ3v) is 6.77. The third-order valence-electron chi connectivity index (χ3n) is 5.37. The Hall–Kier alpha value is -4.18. The van der Waals surface area contributed by atoms with Crippen LogP contribution in [0, 0.1) is 6.92 Å². The van der Waals surface area contributed by atoms with Gasteiger partial charge in [0, 0.05) is 5.69 Å². The Balaban J connectivity index is 1.43. The zero-order valence-corrected chi connectivity index (χ0v) is 19.8. The molecule has 0 saturated heterocycles. The predicted octanol–water partition coefficient (Wildman–Crippen LogP) is 3.33. The number of nitrogens with zero attached hydrogens (tertiary/aromatic N) is 1. The van der Waals surface area contributed by atoms with Gasteiger partial charge < -0.3 is 10.1 Å². The van der Waals surface area contributed by atoms with Gasteiger partial charge in [0.2, 0.25) is 5.91 Å². The molecule has 0 radical (unpaired) electrons. The minimum absolute atomic E-state index is 0.0327. The number of aryl methyl sites for hydroxylation is 1. The number of esters is 1. The molecule has 10 heteroatoms. The highest BCUT2D eigenvalue weighted by Crippen LogP contribution is 2.29. The number of hydrogen-bond acceptors (Lipinski definition) is 6. The number of anilines is 3. The number of fused-ring (bicyclic) bond motifs is 1. The number of para-hydroxylation sites is 2. The van der Waals surface area contributed by atoms with Crippen LogP contribution in [-0.2, 0) is 24.3 Å². The van der Waals surface area contributed by atoms with Crippen molar-refractivity contribution >= 4 is 44.9 Å². The van der Waals surface area contributed by atoms with Crippen molar-refractivity contribution in [3.63, 3.8) is 0 Å². The van der Waals surface area contributed by atoms with Gasteiger partial charge >= 0.3 is 5.97 Å². The molecule has 35 heavy (non-hydrogen) atoms. The molecule has 0 aliphatic carbocycles. The molecular formula is C25H23N3O6S. The Kier molecular flexibility index (Phi) is 6.57. The van der Waals surface area contributed by atoms with Gasteiger partial charge in [0.15, 0.2) is 6.10 Å². The summed E-state index contributed by atoms with van der Waals surface area (Å²) in [7, 11) is -3.85. The van der Waals surface area contributed by atoms with Gasteiger partial charge in [0.1, 0.15) is 6.54 Å². The van der Waals surface area contributed by atoms with Crippen LogP contribution in [0.2, 0.25) is 0 Å². The average molecular weight is 494 g/mol.